The van der Waals surface area contributed by atoms with Gasteiger partial charge < -0.3 is 15.0 Å². The Kier molecular flexibility index (Phi) is 9.19. The van der Waals surface area contributed by atoms with Crippen LogP contribution in [-0.2, 0) is 0 Å². The van der Waals surface area contributed by atoms with Gasteiger partial charge in [0.2, 0.25) is 0 Å². The van der Waals surface area contributed by atoms with Gasteiger partial charge in [0, 0.05) is 5.56 Å². The van der Waals surface area contributed by atoms with Crippen molar-refractivity contribution in [1.29, 1.82) is 0 Å². The van der Waals surface area contributed by atoms with Gasteiger partial charge in [-0.05, 0) is 42.5 Å². The summed E-state index contributed by atoms with van der Waals surface area (Å²) >= 11 is 0. The van der Waals surface area contributed by atoms with E-state index in [2.05, 4.69) is 6.92 Å². The molecule has 0 amide bonds. The van der Waals surface area contributed by atoms with Crippen LogP contribution in [0.15, 0.2) is 12.1 Å². The van der Waals surface area contributed by atoms with Gasteiger partial charge in [-0.3, -0.25) is 0 Å². The second-order valence-electron chi connectivity index (χ2n) is 4.91. The van der Waals surface area contributed by atoms with Crippen LogP contribution in [0.25, 0.3) is 0 Å². The first-order valence-corrected chi connectivity index (χ1v) is 6.52. The van der Waals surface area contributed by atoms with Crippen molar-refractivity contribution in [2.24, 2.45) is 0 Å². The number of carboxylic acids is 1. The summed E-state index contributed by atoms with van der Waals surface area (Å²) in [5.74, 6) is -0.841. The summed E-state index contributed by atoms with van der Waals surface area (Å²) in [6, 6.07) is 3.06. The summed E-state index contributed by atoms with van der Waals surface area (Å²) < 4.78 is 0. The molecule has 3 nitrogen and oxygen atoms in total. The monoisotopic (exact) mass is 288 g/mol. The molecule has 0 radical (unpaired) electrons. The molecule has 19 heavy (non-hydrogen) atoms. The van der Waals surface area contributed by atoms with Gasteiger partial charge in [-0.15, -0.1) is 0 Å². The molecule has 0 aliphatic heterocycles. The molecule has 1 unspecified atom stereocenters. The number of phenols is 1. The van der Waals surface area contributed by atoms with Crippen LogP contribution in [-0.4, -0.2) is 11.1 Å². The number of aromatic hydroxyl groups is 1. The van der Waals surface area contributed by atoms with Gasteiger partial charge in [0.05, 0.1) is 5.97 Å². The van der Waals surface area contributed by atoms with Gasteiger partial charge in [-0.2, -0.15) is 0 Å². The van der Waals surface area contributed by atoms with Gasteiger partial charge in [0.25, 0.3) is 0 Å². The Hall–Kier alpha value is 0.126. The fraction of sp³-hybridized carbons (Fsp3) is 0.533. The largest absolute Gasteiger partial charge is 1.00 e. The minimum atomic E-state index is -1.19. The molecule has 0 saturated carbocycles. The van der Waals surface area contributed by atoms with Crippen LogP contribution in [0.3, 0.4) is 0 Å². The second kappa shape index (κ2) is 9.13. The summed E-state index contributed by atoms with van der Waals surface area (Å²) in [5.41, 5.74) is 1.41. The molecule has 1 atom stereocenters. The summed E-state index contributed by atoms with van der Waals surface area (Å²) in [6.45, 7) is 5.82. The molecule has 0 bridgehead atoms. The van der Waals surface area contributed by atoms with Gasteiger partial charge in [-0.1, -0.05) is 33.1 Å². The number of aromatic carboxylic acids is 1. The molecule has 0 aromatic heterocycles. The summed E-state index contributed by atoms with van der Waals surface area (Å²) in [6.07, 6.45) is 4.35. The van der Waals surface area contributed by atoms with Crippen molar-refractivity contribution in [3.63, 3.8) is 0 Å². The molecule has 0 heterocycles. The first kappa shape index (κ1) is 19.1. The van der Waals surface area contributed by atoms with E-state index in [1.165, 1.54) is 6.07 Å². The van der Waals surface area contributed by atoms with E-state index in [0.29, 0.717) is 11.1 Å². The molecule has 0 aliphatic carbocycles. The predicted octanol–water partition coefficient (Wildman–Crippen LogP) is -0.248. The molecule has 1 rings (SSSR count). The standard InChI is InChI=1S/C15H22O3.K/c1-4-5-6-7-10(2)12-9-13(15(17)18)11(3)8-14(12)16;/h8-10,16H,4-7H2,1-3H3,(H,17,18);/q;+1/p-1. The van der Waals surface area contributed by atoms with Crippen LogP contribution in [0.4, 0.5) is 0 Å². The number of benzene rings is 1. The van der Waals surface area contributed by atoms with E-state index < -0.39 is 5.97 Å². The van der Waals surface area contributed by atoms with E-state index in [0.717, 1.165) is 25.7 Å². The fourth-order valence-electron chi connectivity index (χ4n) is 2.18. The zero-order valence-electron chi connectivity index (χ0n) is 12.3. The number of rotatable bonds is 6. The summed E-state index contributed by atoms with van der Waals surface area (Å²) in [4.78, 5) is 11.0. The van der Waals surface area contributed by atoms with E-state index in [1.807, 2.05) is 6.92 Å². The van der Waals surface area contributed by atoms with Crippen LogP contribution in [0.2, 0.25) is 0 Å². The fourth-order valence-corrected chi connectivity index (χ4v) is 2.18. The summed E-state index contributed by atoms with van der Waals surface area (Å²) in [5, 5.41) is 20.9. The minimum Gasteiger partial charge on any atom is -0.545 e. The second-order valence-corrected chi connectivity index (χ2v) is 4.91. The van der Waals surface area contributed by atoms with Crippen molar-refractivity contribution < 1.29 is 66.4 Å². The third-order valence-corrected chi connectivity index (χ3v) is 3.37. The first-order chi connectivity index (χ1) is 8.47. The predicted molar refractivity (Wildman–Crippen MR) is 69.7 cm³/mol. The quantitative estimate of drug-likeness (QED) is 0.580. The molecule has 1 N–H and O–H groups in total. The number of carbonyl (C=O) groups excluding carboxylic acids is 1. The van der Waals surface area contributed by atoms with Crippen molar-refractivity contribution in [3.8, 4) is 5.75 Å². The normalized spacial score (nSPS) is 11.7. The maximum atomic E-state index is 11.0. The first-order valence-electron chi connectivity index (χ1n) is 6.52. The Balaban J connectivity index is 0.00000324. The molecule has 1 aromatic rings. The van der Waals surface area contributed by atoms with Crippen LogP contribution in [0.1, 0.15) is 66.9 Å². The van der Waals surface area contributed by atoms with Gasteiger partial charge >= 0.3 is 51.4 Å². The Morgan fingerprint density at radius 2 is 2.00 bits per heavy atom. The third kappa shape index (κ3) is 5.56. The van der Waals surface area contributed by atoms with E-state index >= 15 is 0 Å². The number of hydrogen-bond acceptors (Lipinski definition) is 3. The molecule has 4 heteroatoms. The maximum Gasteiger partial charge on any atom is 1.00 e. The number of aryl methyl sites for hydroxylation is 1. The van der Waals surface area contributed by atoms with E-state index in [9.17, 15) is 15.0 Å². The van der Waals surface area contributed by atoms with Crippen molar-refractivity contribution in [2.45, 2.75) is 52.4 Å². The van der Waals surface area contributed by atoms with Crippen LogP contribution >= 0.6 is 0 Å². The Bertz CT molecular complexity index is 430. The smallest absolute Gasteiger partial charge is 0.545 e. The molecule has 100 valence electrons. The van der Waals surface area contributed by atoms with Gasteiger partial charge in [-0.25, -0.2) is 0 Å². The number of carbonyl (C=O) groups is 1. The Labute approximate surface area is 157 Å². The van der Waals surface area contributed by atoms with Crippen molar-refractivity contribution in [2.75, 3.05) is 0 Å². The average molecular weight is 288 g/mol. The number of hydrogen-bond donors (Lipinski definition) is 1. The molecule has 1 aromatic carbocycles. The topological polar surface area (TPSA) is 60.4 Å². The van der Waals surface area contributed by atoms with Crippen LogP contribution in [0, 0.1) is 6.92 Å². The van der Waals surface area contributed by atoms with E-state index in [1.54, 1.807) is 13.0 Å². The molecule has 0 aliphatic rings. The number of carboxylic acid groups (broad SMARTS) is 1. The zero-order chi connectivity index (χ0) is 13.7. The average Bonchev–Trinajstić information content (AvgIpc) is 2.28. The maximum absolute atomic E-state index is 11.0. The third-order valence-electron chi connectivity index (χ3n) is 3.37. The summed E-state index contributed by atoms with van der Waals surface area (Å²) in [7, 11) is 0. The molecular weight excluding hydrogens is 267 g/mol. The van der Waals surface area contributed by atoms with Crippen molar-refractivity contribution >= 4 is 5.97 Å². The minimum absolute atomic E-state index is 0. The Morgan fingerprint density at radius 3 is 2.53 bits per heavy atom. The molecular formula is C15H21KO3. The van der Waals surface area contributed by atoms with E-state index in [-0.39, 0.29) is 68.6 Å². The van der Waals surface area contributed by atoms with Gasteiger partial charge in [0.15, 0.2) is 0 Å². The van der Waals surface area contributed by atoms with Crippen LogP contribution in [0.5, 0.6) is 5.75 Å². The molecule has 0 spiro atoms. The van der Waals surface area contributed by atoms with Crippen LogP contribution < -0.4 is 56.5 Å². The van der Waals surface area contributed by atoms with Crippen molar-refractivity contribution in [1.82, 2.24) is 0 Å². The van der Waals surface area contributed by atoms with E-state index in [4.69, 9.17) is 0 Å². The Morgan fingerprint density at radius 1 is 1.37 bits per heavy atom. The number of unbranched alkanes of at least 4 members (excludes halogenated alkanes) is 2. The molecule has 0 saturated heterocycles. The van der Waals surface area contributed by atoms with Gasteiger partial charge in [0.1, 0.15) is 5.75 Å². The molecule has 0 fully saturated rings. The van der Waals surface area contributed by atoms with Crippen molar-refractivity contribution in [3.05, 3.63) is 28.8 Å². The number of phenolic OH excluding ortho intramolecular Hbond substituents is 1. The zero-order valence-corrected chi connectivity index (χ0v) is 15.4. The SMILES string of the molecule is CCCCCC(C)c1cc(C(=O)[O-])c(C)cc1O.[K+].